The Bertz CT molecular complexity index is 421. The highest BCUT2D eigenvalue weighted by Gasteiger charge is 2.45. The monoisotopic (exact) mass is 269 g/mol. The minimum Gasteiger partial charge on any atom is -0.342 e. The quantitative estimate of drug-likeness (QED) is 0.468. The zero-order valence-corrected chi connectivity index (χ0v) is 9.75. The van der Waals surface area contributed by atoms with Gasteiger partial charge < -0.3 is 4.90 Å². The average Bonchev–Trinajstić information content (AvgIpc) is 2.18. The number of aromatic nitrogens is 2. The first-order chi connectivity index (χ1) is 7.43. The molecule has 1 fully saturated rings. The minimum absolute atomic E-state index is 0.157. The first kappa shape index (κ1) is 11.8. The van der Waals surface area contributed by atoms with E-state index in [-0.39, 0.29) is 16.1 Å². The third-order valence-corrected chi connectivity index (χ3v) is 2.90. The number of alkyl halides is 2. The lowest BCUT2D eigenvalue weighted by atomic mass is 10.1. The first-order valence-electron chi connectivity index (χ1n) is 4.33. The predicted molar refractivity (Wildman–Crippen MR) is 55.9 cm³/mol. The zero-order valence-electron chi connectivity index (χ0n) is 8.18. The second-order valence-electron chi connectivity index (χ2n) is 3.35. The maximum Gasteiger partial charge on any atom is 0.282 e. The van der Waals surface area contributed by atoms with Crippen molar-refractivity contribution in [2.24, 2.45) is 0 Å². The smallest absolute Gasteiger partial charge is 0.282 e. The summed E-state index contributed by atoms with van der Waals surface area (Å²) < 4.78 is 38.8. The van der Waals surface area contributed by atoms with Crippen LogP contribution in [0.5, 0.6) is 0 Å². The van der Waals surface area contributed by atoms with Gasteiger partial charge in [0.05, 0.1) is 13.1 Å². The molecule has 1 aromatic rings. The van der Waals surface area contributed by atoms with Crippen molar-refractivity contribution in [2.45, 2.75) is 11.1 Å². The Hall–Kier alpha value is -0.690. The standard InChI is InChI=1S/C8H7ClF3N3S/c1-16-7-13-5(9)4(10)6(14-7)15-2-8(11,12)3-15/h2-3H2,1H3. The highest BCUT2D eigenvalue weighted by Crippen LogP contribution is 2.34. The van der Waals surface area contributed by atoms with E-state index in [1.807, 2.05) is 0 Å². The molecule has 0 amide bonds. The Morgan fingerprint density at radius 2 is 2.00 bits per heavy atom. The van der Waals surface area contributed by atoms with Gasteiger partial charge in [-0.15, -0.1) is 0 Å². The normalized spacial score (nSPS) is 18.4. The fourth-order valence-electron chi connectivity index (χ4n) is 1.35. The van der Waals surface area contributed by atoms with Gasteiger partial charge in [-0.1, -0.05) is 23.4 Å². The van der Waals surface area contributed by atoms with Gasteiger partial charge in [-0.05, 0) is 6.26 Å². The molecule has 0 aliphatic carbocycles. The summed E-state index contributed by atoms with van der Waals surface area (Å²) in [6.07, 6.45) is 1.69. The molecule has 0 N–H and O–H groups in total. The molecule has 1 aliphatic heterocycles. The second-order valence-corrected chi connectivity index (χ2v) is 4.48. The summed E-state index contributed by atoms with van der Waals surface area (Å²) in [5, 5.41) is -0.0822. The van der Waals surface area contributed by atoms with Crippen molar-refractivity contribution >= 4 is 29.2 Å². The van der Waals surface area contributed by atoms with E-state index in [0.29, 0.717) is 0 Å². The molecule has 0 spiro atoms. The highest BCUT2D eigenvalue weighted by molar-refractivity contribution is 7.98. The van der Waals surface area contributed by atoms with E-state index in [9.17, 15) is 13.2 Å². The molecular weight excluding hydrogens is 263 g/mol. The Morgan fingerprint density at radius 1 is 1.38 bits per heavy atom. The van der Waals surface area contributed by atoms with Crippen molar-refractivity contribution in [3.8, 4) is 0 Å². The van der Waals surface area contributed by atoms with Gasteiger partial charge in [-0.25, -0.2) is 18.7 Å². The Morgan fingerprint density at radius 3 is 2.50 bits per heavy atom. The number of rotatable bonds is 2. The van der Waals surface area contributed by atoms with E-state index < -0.39 is 24.8 Å². The second kappa shape index (κ2) is 3.96. The number of hydrogen-bond donors (Lipinski definition) is 0. The van der Waals surface area contributed by atoms with Crippen LogP contribution in [0.3, 0.4) is 0 Å². The van der Waals surface area contributed by atoms with Crippen molar-refractivity contribution in [1.29, 1.82) is 0 Å². The maximum atomic E-state index is 13.5. The van der Waals surface area contributed by atoms with Gasteiger partial charge in [0.2, 0.25) is 5.82 Å². The minimum atomic E-state index is -2.77. The van der Waals surface area contributed by atoms with Gasteiger partial charge in [-0.3, -0.25) is 0 Å². The summed E-state index contributed by atoms with van der Waals surface area (Å²) in [4.78, 5) is 8.62. The van der Waals surface area contributed by atoms with Crippen LogP contribution < -0.4 is 4.90 Å². The summed E-state index contributed by atoms with van der Waals surface area (Å²) in [5.41, 5.74) is 0. The molecule has 88 valence electrons. The molecule has 0 aromatic carbocycles. The predicted octanol–water partition coefficient (Wildman–Crippen LogP) is 2.45. The molecule has 2 heterocycles. The molecule has 0 radical (unpaired) electrons. The molecule has 0 saturated carbocycles. The van der Waals surface area contributed by atoms with Gasteiger partial charge in [0, 0.05) is 0 Å². The van der Waals surface area contributed by atoms with Gasteiger partial charge in [0.1, 0.15) is 0 Å². The number of anilines is 1. The Kier molecular flexibility index (Phi) is 2.91. The Balaban J connectivity index is 2.30. The van der Waals surface area contributed by atoms with Crippen LogP contribution in [0.2, 0.25) is 5.15 Å². The molecule has 3 nitrogen and oxygen atoms in total. The molecule has 0 unspecified atom stereocenters. The van der Waals surface area contributed by atoms with Crippen LogP contribution in [0.25, 0.3) is 0 Å². The molecular formula is C8H7ClF3N3S. The lowest BCUT2D eigenvalue weighted by Gasteiger charge is -2.39. The lowest BCUT2D eigenvalue weighted by molar-refractivity contribution is -0.0271. The largest absolute Gasteiger partial charge is 0.342 e. The summed E-state index contributed by atoms with van der Waals surface area (Å²) in [6, 6.07) is 0. The molecule has 1 aromatic heterocycles. The SMILES string of the molecule is CSc1nc(Cl)c(F)c(N2CC(F)(F)C2)n1. The van der Waals surface area contributed by atoms with Crippen LogP contribution in [0.4, 0.5) is 19.0 Å². The number of thioether (sulfide) groups is 1. The van der Waals surface area contributed by atoms with E-state index in [4.69, 9.17) is 11.6 Å². The summed E-state index contributed by atoms with van der Waals surface area (Å²) >= 11 is 6.71. The molecule has 2 rings (SSSR count). The maximum absolute atomic E-state index is 13.5. The van der Waals surface area contributed by atoms with Crippen LogP contribution >= 0.6 is 23.4 Å². The van der Waals surface area contributed by atoms with E-state index in [2.05, 4.69) is 9.97 Å². The van der Waals surface area contributed by atoms with Crippen molar-refractivity contribution in [1.82, 2.24) is 9.97 Å². The molecule has 8 heteroatoms. The van der Waals surface area contributed by atoms with Crippen LogP contribution in [-0.2, 0) is 0 Å². The van der Waals surface area contributed by atoms with Crippen LogP contribution in [0, 0.1) is 5.82 Å². The fourth-order valence-corrected chi connectivity index (χ4v) is 1.93. The molecule has 16 heavy (non-hydrogen) atoms. The number of halogens is 4. The van der Waals surface area contributed by atoms with Crippen LogP contribution in [0.15, 0.2) is 5.16 Å². The lowest BCUT2D eigenvalue weighted by Crippen LogP contribution is -2.57. The summed E-state index contributed by atoms with van der Waals surface area (Å²) in [6.45, 7) is -1.07. The van der Waals surface area contributed by atoms with Gasteiger partial charge in [0.25, 0.3) is 5.92 Å². The summed E-state index contributed by atoms with van der Waals surface area (Å²) in [7, 11) is 0. The van der Waals surface area contributed by atoms with Crippen molar-refractivity contribution in [3.05, 3.63) is 11.0 Å². The van der Waals surface area contributed by atoms with E-state index >= 15 is 0 Å². The molecule has 1 aliphatic rings. The summed E-state index contributed by atoms with van der Waals surface area (Å²) in [5.74, 6) is -3.78. The van der Waals surface area contributed by atoms with Gasteiger partial charge in [0.15, 0.2) is 16.1 Å². The first-order valence-corrected chi connectivity index (χ1v) is 5.93. The van der Waals surface area contributed by atoms with Crippen molar-refractivity contribution < 1.29 is 13.2 Å². The average molecular weight is 270 g/mol. The van der Waals surface area contributed by atoms with Crippen molar-refractivity contribution in [3.63, 3.8) is 0 Å². The zero-order chi connectivity index (χ0) is 11.9. The third kappa shape index (κ3) is 2.06. The van der Waals surface area contributed by atoms with Crippen molar-refractivity contribution in [2.75, 3.05) is 24.2 Å². The number of nitrogens with zero attached hydrogens (tertiary/aromatic N) is 3. The Labute approximate surface area is 99.0 Å². The van der Waals surface area contributed by atoms with Crippen LogP contribution in [-0.4, -0.2) is 35.2 Å². The molecule has 0 atom stereocenters. The molecule has 1 saturated heterocycles. The van der Waals surface area contributed by atoms with Crippen LogP contribution in [0.1, 0.15) is 0 Å². The fraction of sp³-hybridized carbons (Fsp3) is 0.500. The van der Waals surface area contributed by atoms with Gasteiger partial charge in [-0.2, -0.15) is 4.39 Å². The molecule has 0 bridgehead atoms. The van der Waals surface area contributed by atoms with E-state index in [1.54, 1.807) is 6.26 Å². The van der Waals surface area contributed by atoms with E-state index in [0.717, 1.165) is 4.90 Å². The highest BCUT2D eigenvalue weighted by atomic mass is 35.5. The van der Waals surface area contributed by atoms with Gasteiger partial charge >= 0.3 is 0 Å². The number of hydrogen-bond acceptors (Lipinski definition) is 4. The topological polar surface area (TPSA) is 29.0 Å². The third-order valence-electron chi connectivity index (χ3n) is 2.10. The van der Waals surface area contributed by atoms with E-state index in [1.165, 1.54) is 11.8 Å².